The molecule has 21 heavy (non-hydrogen) atoms. The van der Waals surface area contributed by atoms with Gasteiger partial charge in [0.05, 0.1) is 9.37 Å². The van der Waals surface area contributed by atoms with E-state index in [4.69, 9.17) is 17.3 Å². The van der Waals surface area contributed by atoms with Crippen LogP contribution in [0.2, 0.25) is 5.02 Å². The van der Waals surface area contributed by atoms with Crippen molar-refractivity contribution in [3.05, 3.63) is 21.6 Å². The minimum atomic E-state index is -3.63. The molecule has 0 aromatic heterocycles. The van der Waals surface area contributed by atoms with Crippen molar-refractivity contribution in [1.29, 1.82) is 0 Å². The lowest BCUT2D eigenvalue weighted by atomic mass is 10.00. The van der Waals surface area contributed by atoms with E-state index in [2.05, 4.69) is 34.5 Å². The standard InChI is InChI=1S/C14H22BrClN2O2S/c1-3-5-6-10(4-2)9-18-21(19,20)13-8-11(16)7-12(17)14(13)15/h7-8,10,18H,3-6,9,17H2,1-2H3. The minimum Gasteiger partial charge on any atom is -0.398 e. The highest BCUT2D eigenvalue weighted by Crippen LogP contribution is 2.31. The smallest absolute Gasteiger partial charge is 0.241 e. The Hall–Kier alpha value is -0.300. The van der Waals surface area contributed by atoms with Crippen molar-refractivity contribution < 1.29 is 8.42 Å². The molecule has 0 saturated carbocycles. The van der Waals surface area contributed by atoms with Gasteiger partial charge in [0.15, 0.2) is 0 Å². The minimum absolute atomic E-state index is 0.0813. The molecule has 0 aliphatic carbocycles. The molecular weight excluding hydrogens is 376 g/mol. The third-order valence-corrected chi connectivity index (χ3v) is 6.24. The second-order valence-corrected chi connectivity index (χ2v) is 8.04. The Balaban J connectivity index is 2.87. The van der Waals surface area contributed by atoms with Gasteiger partial charge in [0, 0.05) is 17.3 Å². The summed E-state index contributed by atoms with van der Waals surface area (Å²) in [7, 11) is -3.63. The Morgan fingerprint density at radius 1 is 1.38 bits per heavy atom. The van der Waals surface area contributed by atoms with Crippen LogP contribution in [-0.2, 0) is 10.0 Å². The molecule has 7 heteroatoms. The zero-order valence-corrected chi connectivity index (χ0v) is 15.5. The predicted molar refractivity (Wildman–Crippen MR) is 92.1 cm³/mol. The van der Waals surface area contributed by atoms with Crippen LogP contribution in [0, 0.1) is 5.92 Å². The maximum absolute atomic E-state index is 12.4. The topological polar surface area (TPSA) is 72.2 Å². The molecule has 1 unspecified atom stereocenters. The fourth-order valence-corrected chi connectivity index (χ4v) is 4.43. The second kappa shape index (κ2) is 8.36. The van der Waals surface area contributed by atoms with Crippen molar-refractivity contribution in [1.82, 2.24) is 4.72 Å². The van der Waals surface area contributed by atoms with Crippen molar-refractivity contribution in [2.45, 2.75) is 44.4 Å². The Morgan fingerprint density at radius 3 is 2.62 bits per heavy atom. The van der Waals surface area contributed by atoms with E-state index in [-0.39, 0.29) is 4.90 Å². The van der Waals surface area contributed by atoms with Gasteiger partial charge in [-0.3, -0.25) is 0 Å². The fourth-order valence-electron chi connectivity index (χ4n) is 2.03. The van der Waals surface area contributed by atoms with Crippen molar-refractivity contribution in [2.75, 3.05) is 12.3 Å². The molecule has 0 saturated heterocycles. The molecule has 1 aromatic rings. The first-order chi connectivity index (χ1) is 9.81. The highest BCUT2D eigenvalue weighted by molar-refractivity contribution is 9.10. The van der Waals surface area contributed by atoms with E-state index < -0.39 is 10.0 Å². The number of nitrogen functional groups attached to an aromatic ring is 1. The van der Waals surface area contributed by atoms with Crippen LogP contribution in [-0.4, -0.2) is 15.0 Å². The van der Waals surface area contributed by atoms with Crippen LogP contribution in [0.5, 0.6) is 0 Å². The third-order valence-electron chi connectivity index (χ3n) is 3.43. The number of sulfonamides is 1. The summed E-state index contributed by atoms with van der Waals surface area (Å²) in [5.41, 5.74) is 6.05. The van der Waals surface area contributed by atoms with Gasteiger partial charge < -0.3 is 5.73 Å². The molecule has 1 aromatic carbocycles. The van der Waals surface area contributed by atoms with E-state index in [0.717, 1.165) is 25.7 Å². The van der Waals surface area contributed by atoms with Crippen LogP contribution in [0.4, 0.5) is 5.69 Å². The number of benzene rings is 1. The third kappa shape index (κ3) is 5.43. The summed E-state index contributed by atoms with van der Waals surface area (Å²) in [5.74, 6) is 0.343. The Kier molecular flexibility index (Phi) is 7.47. The second-order valence-electron chi connectivity index (χ2n) is 5.08. The van der Waals surface area contributed by atoms with E-state index in [1.54, 1.807) is 0 Å². The van der Waals surface area contributed by atoms with Crippen molar-refractivity contribution >= 4 is 43.2 Å². The maximum Gasteiger partial charge on any atom is 0.241 e. The molecule has 0 amide bonds. The normalized spacial score (nSPS) is 13.3. The number of nitrogens with two attached hydrogens (primary N) is 1. The van der Waals surface area contributed by atoms with Gasteiger partial charge in [0.1, 0.15) is 0 Å². The van der Waals surface area contributed by atoms with Crippen molar-refractivity contribution in [3.63, 3.8) is 0 Å². The number of hydrogen-bond acceptors (Lipinski definition) is 3. The van der Waals surface area contributed by atoms with Crippen LogP contribution in [0.15, 0.2) is 21.5 Å². The first kappa shape index (κ1) is 18.7. The zero-order valence-electron chi connectivity index (χ0n) is 12.3. The first-order valence-corrected chi connectivity index (χ1v) is 9.71. The molecule has 0 heterocycles. The summed E-state index contributed by atoms with van der Waals surface area (Å²) in [6, 6.07) is 2.91. The van der Waals surface area contributed by atoms with Crippen LogP contribution < -0.4 is 10.5 Å². The van der Waals surface area contributed by atoms with Crippen LogP contribution in [0.25, 0.3) is 0 Å². The van der Waals surface area contributed by atoms with E-state index in [1.165, 1.54) is 12.1 Å². The van der Waals surface area contributed by atoms with Crippen molar-refractivity contribution in [3.8, 4) is 0 Å². The fraction of sp³-hybridized carbons (Fsp3) is 0.571. The van der Waals surface area contributed by atoms with E-state index in [9.17, 15) is 8.42 Å². The number of rotatable bonds is 8. The van der Waals surface area contributed by atoms with E-state index >= 15 is 0 Å². The number of hydrogen-bond donors (Lipinski definition) is 2. The highest BCUT2D eigenvalue weighted by Gasteiger charge is 2.21. The summed E-state index contributed by atoms with van der Waals surface area (Å²) in [5, 5.41) is 0.300. The monoisotopic (exact) mass is 396 g/mol. The molecule has 3 N–H and O–H groups in total. The number of nitrogens with one attached hydrogen (secondary N) is 1. The number of anilines is 1. The summed E-state index contributed by atoms with van der Waals surface area (Å²) in [6.07, 6.45) is 4.18. The molecule has 4 nitrogen and oxygen atoms in total. The molecule has 120 valence electrons. The van der Waals surface area contributed by atoms with Gasteiger partial charge in [-0.05, 0) is 40.4 Å². The zero-order chi connectivity index (χ0) is 16.0. The summed E-state index contributed by atoms with van der Waals surface area (Å²) in [6.45, 7) is 4.63. The van der Waals surface area contributed by atoms with Crippen LogP contribution >= 0.6 is 27.5 Å². The highest BCUT2D eigenvalue weighted by atomic mass is 79.9. The average Bonchev–Trinajstić information content (AvgIpc) is 2.43. The van der Waals surface area contributed by atoms with Gasteiger partial charge in [0.2, 0.25) is 10.0 Å². The van der Waals surface area contributed by atoms with Crippen LogP contribution in [0.1, 0.15) is 39.5 Å². The molecule has 0 bridgehead atoms. The molecule has 0 aliphatic rings. The molecule has 0 spiro atoms. The Bertz CT molecular complexity index is 579. The lowest BCUT2D eigenvalue weighted by Crippen LogP contribution is -2.29. The molecule has 1 rings (SSSR count). The van der Waals surface area contributed by atoms with Gasteiger partial charge in [-0.1, -0.05) is 44.7 Å². The molecular formula is C14H22BrClN2O2S. The first-order valence-electron chi connectivity index (χ1n) is 7.06. The lowest BCUT2D eigenvalue weighted by Gasteiger charge is -2.16. The van der Waals surface area contributed by atoms with E-state index in [1.807, 2.05) is 0 Å². The summed E-state index contributed by atoms with van der Waals surface area (Å²) >= 11 is 9.11. The van der Waals surface area contributed by atoms with Crippen LogP contribution in [0.3, 0.4) is 0 Å². The Labute approximate surface area is 140 Å². The van der Waals surface area contributed by atoms with Gasteiger partial charge in [-0.15, -0.1) is 0 Å². The van der Waals surface area contributed by atoms with Gasteiger partial charge in [-0.25, -0.2) is 13.1 Å². The molecule has 0 fully saturated rings. The maximum atomic E-state index is 12.4. The van der Waals surface area contributed by atoms with Gasteiger partial charge in [0.25, 0.3) is 0 Å². The van der Waals surface area contributed by atoms with Crippen molar-refractivity contribution in [2.24, 2.45) is 5.92 Å². The quantitative estimate of drug-likeness (QED) is 0.646. The number of halogens is 2. The Morgan fingerprint density at radius 2 is 2.05 bits per heavy atom. The summed E-state index contributed by atoms with van der Waals surface area (Å²) in [4.78, 5) is 0.0813. The predicted octanol–water partition coefficient (Wildman–Crippen LogP) is 4.18. The summed E-state index contributed by atoms with van der Waals surface area (Å²) < 4.78 is 27.8. The molecule has 1 atom stereocenters. The SMILES string of the molecule is CCCCC(CC)CNS(=O)(=O)c1cc(Cl)cc(N)c1Br. The number of unbranched alkanes of at least 4 members (excludes halogenated alkanes) is 1. The van der Waals surface area contributed by atoms with E-state index in [0.29, 0.717) is 27.6 Å². The lowest BCUT2D eigenvalue weighted by molar-refractivity contribution is 0.443. The largest absolute Gasteiger partial charge is 0.398 e. The molecule has 0 aliphatic heterocycles. The van der Waals surface area contributed by atoms with Gasteiger partial charge >= 0.3 is 0 Å². The van der Waals surface area contributed by atoms with Gasteiger partial charge in [-0.2, -0.15) is 0 Å². The molecule has 0 radical (unpaired) electrons. The average molecular weight is 398 g/mol.